The highest BCUT2D eigenvalue weighted by Gasteiger charge is 2.15. The van der Waals surface area contributed by atoms with Gasteiger partial charge in [-0.3, -0.25) is 28.8 Å². The van der Waals surface area contributed by atoms with Crippen molar-refractivity contribution in [2.24, 2.45) is 23.3 Å². The fourth-order valence-corrected chi connectivity index (χ4v) is 3.42. The van der Waals surface area contributed by atoms with Gasteiger partial charge in [0.1, 0.15) is 0 Å². The molecule has 0 rings (SSSR count). The molecule has 0 unspecified atom stereocenters. The smallest absolute Gasteiger partial charge is 0.309 e. The van der Waals surface area contributed by atoms with Crippen LogP contribution in [0.2, 0.25) is 0 Å². The van der Waals surface area contributed by atoms with E-state index in [1.165, 1.54) is 0 Å². The van der Waals surface area contributed by atoms with Crippen molar-refractivity contribution in [3.63, 3.8) is 0 Å². The number of carbonyl (C=O) groups is 6. The van der Waals surface area contributed by atoms with Gasteiger partial charge in [-0.15, -0.1) is 0 Å². The van der Waals surface area contributed by atoms with Crippen LogP contribution in [0.1, 0.15) is 78.1 Å². The Balaban J connectivity index is 3.72. The van der Waals surface area contributed by atoms with Crippen molar-refractivity contribution in [1.29, 1.82) is 0 Å². The van der Waals surface area contributed by atoms with Gasteiger partial charge in [0.05, 0.1) is 0 Å². The largest absolute Gasteiger partial charge is 0.361 e. The van der Waals surface area contributed by atoms with Crippen LogP contribution in [0.15, 0.2) is 0 Å². The van der Waals surface area contributed by atoms with Crippen LogP contribution in [0.25, 0.3) is 0 Å². The van der Waals surface area contributed by atoms with Crippen molar-refractivity contribution < 1.29 is 28.8 Å². The van der Waals surface area contributed by atoms with E-state index in [0.717, 1.165) is 64.2 Å². The molecule has 8 N–H and O–H groups in total. The molecule has 0 aromatic heterocycles. The van der Waals surface area contributed by atoms with Crippen LogP contribution < -0.4 is 32.7 Å². The number of amides is 6. The first kappa shape index (κ1) is 32.8. The third kappa shape index (κ3) is 18.2. The molecule has 0 radical (unpaired) electrons. The van der Waals surface area contributed by atoms with Crippen LogP contribution in [0.4, 0.5) is 0 Å². The van der Waals surface area contributed by atoms with E-state index < -0.39 is 35.4 Å². The maximum atomic E-state index is 12.0. The normalized spacial score (nSPS) is 12.2. The molecule has 0 aliphatic heterocycles. The Morgan fingerprint density at radius 3 is 1.17 bits per heavy atom. The van der Waals surface area contributed by atoms with Crippen LogP contribution in [0.5, 0.6) is 0 Å². The van der Waals surface area contributed by atoms with Gasteiger partial charge < -0.3 is 32.7 Å². The standard InChI is InChI=1S/C24H44N6O6/c1-17(11-7-3-5-9-13-27-21(33)19(25)31)15-29-23(35)24(36)30-16-18(2)12-8-4-6-10-14-28-22(34)20(26)32/h17-18H,3-16H2,1-2H3,(H2,25,31)(H2,26,32)(H,27,33)(H,28,34)(H,29,35)(H,30,36)/t17-,18+. The lowest BCUT2D eigenvalue weighted by Gasteiger charge is -2.14. The zero-order valence-electron chi connectivity index (χ0n) is 21.7. The van der Waals surface area contributed by atoms with Crippen LogP contribution in [-0.2, 0) is 28.8 Å². The molecular formula is C24H44N6O6. The van der Waals surface area contributed by atoms with Crippen LogP contribution in [0.3, 0.4) is 0 Å². The number of primary amides is 2. The first-order chi connectivity index (χ1) is 17.0. The minimum atomic E-state index is -0.981. The van der Waals surface area contributed by atoms with Gasteiger partial charge >= 0.3 is 35.4 Å². The van der Waals surface area contributed by atoms with Crippen molar-refractivity contribution in [3.8, 4) is 0 Å². The Hall–Kier alpha value is -3.18. The Kier molecular flexibility index (Phi) is 18.3. The van der Waals surface area contributed by atoms with E-state index in [4.69, 9.17) is 11.5 Å². The summed E-state index contributed by atoms with van der Waals surface area (Å²) in [5.41, 5.74) is 9.71. The molecule has 0 bridgehead atoms. The highest BCUT2D eigenvalue weighted by atomic mass is 16.2. The average Bonchev–Trinajstić information content (AvgIpc) is 2.83. The summed E-state index contributed by atoms with van der Waals surface area (Å²) < 4.78 is 0. The van der Waals surface area contributed by atoms with E-state index in [9.17, 15) is 28.8 Å². The lowest BCUT2D eigenvalue weighted by Crippen LogP contribution is -2.42. The minimum absolute atomic E-state index is 0.236. The van der Waals surface area contributed by atoms with Gasteiger partial charge in [0.25, 0.3) is 0 Å². The lowest BCUT2D eigenvalue weighted by atomic mass is 10.0. The number of hydrogen-bond donors (Lipinski definition) is 6. The Labute approximate surface area is 213 Å². The topological polar surface area (TPSA) is 203 Å². The summed E-state index contributed by atoms with van der Waals surface area (Å²) in [4.78, 5) is 67.3. The molecule has 0 aromatic rings. The van der Waals surface area contributed by atoms with Crippen LogP contribution in [0, 0.1) is 11.8 Å². The summed E-state index contributed by atoms with van der Waals surface area (Å²) >= 11 is 0. The highest BCUT2D eigenvalue weighted by Crippen LogP contribution is 2.10. The van der Waals surface area contributed by atoms with Gasteiger partial charge in [-0.2, -0.15) is 0 Å². The van der Waals surface area contributed by atoms with Gasteiger partial charge in [0, 0.05) is 26.2 Å². The van der Waals surface area contributed by atoms with Gasteiger partial charge in [0.2, 0.25) is 0 Å². The SMILES string of the molecule is C[C@H](CCCCCCNC(=O)C(N)=O)CNC(=O)C(=O)NC[C@@H](C)CCCCCCNC(=O)C(N)=O. The zero-order valence-corrected chi connectivity index (χ0v) is 21.7. The predicted molar refractivity (Wildman–Crippen MR) is 135 cm³/mol. The second-order valence-electron chi connectivity index (χ2n) is 9.28. The van der Waals surface area contributed by atoms with Gasteiger partial charge in [-0.05, 0) is 37.5 Å². The molecule has 206 valence electrons. The molecule has 0 saturated carbocycles. The van der Waals surface area contributed by atoms with Crippen molar-refractivity contribution >= 4 is 35.4 Å². The monoisotopic (exact) mass is 512 g/mol. The second-order valence-corrected chi connectivity index (χ2v) is 9.28. The predicted octanol–water partition coefficient (Wildman–Crippen LogP) is -0.405. The zero-order chi connectivity index (χ0) is 27.3. The molecule has 12 nitrogen and oxygen atoms in total. The van der Waals surface area contributed by atoms with Crippen molar-refractivity contribution in [2.75, 3.05) is 26.2 Å². The van der Waals surface area contributed by atoms with Crippen molar-refractivity contribution in [3.05, 3.63) is 0 Å². The van der Waals surface area contributed by atoms with Gasteiger partial charge in [-0.1, -0.05) is 52.4 Å². The number of hydrogen-bond acceptors (Lipinski definition) is 6. The number of nitrogens with two attached hydrogens (primary N) is 2. The molecule has 0 aliphatic carbocycles. The fraction of sp³-hybridized carbons (Fsp3) is 0.750. The first-order valence-corrected chi connectivity index (χ1v) is 12.8. The van der Waals surface area contributed by atoms with Crippen LogP contribution in [-0.4, -0.2) is 61.6 Å². The van der Waals surface area contributed by atoms with E-state index in [0.29, 0.717) is 26.2 Å². The Morgan fingerprint density at radius 1 is 0.500 bits per heavy atom. The molecule has 2 atom stereocenters. The third-order valence-electron chi connectivity index (χ3n) is 5.69. The number of unbranched alkanes of at least 4 members (excludes halogenated alkanes) is 6. The summed E-state index contributed by atoms with van der Waals surface area (Å²) in [6.07, 6.45) is 9.03. The van der Waals surface area contributed by atoms with Crippen molar-refractivity contribution in [1.82, 2.24) is 21.3 Å². The number of rotatable bonds is 18. The molecule has 0 aliphatic rings. The first-order valence-electron chi connectivity index (χ1n) is 12.8. The van der Waals surface area contributed by atoms with E-state index in [1.54, 1.807) is 0 Å². The summed E-state index contributed by atoms with van der Waals surface area (Å²) in [5, 5.41) is 10.2. The molecule has 0 aromatic carbocycles. The van der Waals surface area contributed by atoms with Gasteiger partial charge in [-0.25, -0.2) is 0 Å². The quantitative estimate of drug-likeness (QED) is 0.106. The summed E-state index contributed by atoms with van der Waals surface area (Å²) in [5.74, 6) is -4.28. The van der Waals surface area contributed by atoms with Gasteiger partial charge in [0.15, 0.2) is 0 Å². The second kappa shape index (κ2) is 20.1. The van der Waals surface area contributed by atoms with E-state index in [2.05, 4.69) is 21.3 Å². The molecule has 0 spiro atoms. The van der Waals surface area contributed by atoms with E-state index in [1.807, 2.05) is 13.8 Å². The molecule has 12 heteroatoms. The average molecular weight is 513 g/mol. The summed E-state index contributed by atoms with van der Waals surface area (Å²) in [7, 11) is 0. The lowest BCUT2D eigenvalue weighted by molar-refractivity contribution is -0.139. The fourth-order valence-electron chi connectivity index (χ4n) is 3.42. The summed E-state index contributed by atoms with van der Waals surface area (Å²) in [6, 6.07) is 0. The van der Waals surface area contributed by atoms with Crippen molar-refractivity contribution in [2.45, 2.75) is 78.1 Å². The molecular weight excluding hydrogens is 468 g/mol. The van der Waals surface area contributed by atoms with E-state index in [-0.39, 0.29) is 11.8 Å². The number of carbonyl (C=O) groups excluding carboxylic acids is 6. The Morgan fingerprint density at radius 2 is 0.833 bits per heavy atom. The third-order valence-corrected chi connectivity index (χ3v) is 5.69. The molecule has 0 heterocycles. The minimum Gasteiger partial charge on any atom is -0.361 e. The Bertz CT molecular complexity index is 670. The molecule has 6 amide bonds. The van der Waals surface area contributed by atoms with Crippen LogP contribution >= 0.6 is 0 Å². The maximum Gasteiger partial charge on any atom is 0.309 e. The molecule has 36 heavy (non-hydrogen) atoms. The summed E-state index contributed by atoms with van der Waals surface area (Å²) in [6.45, 7) is 5.72. The highest BCUT2D eigenvalue weighted by molar-refractivity contribution is 6.35. The van der Waals surface area contributed by atoms with E-state index >= 15 is 0 Å². The molecule has 0 fully saturated rings. The number of nitrogens with one attached hydrogen (secondary N) is 4. The molecule has 0 saturated heterocycles. The maximum absolute atomic E-state index is 12.0.